The van der Waals surface area contributed by atoms with Crippen LogP contribution in [0.25, 0.3) is 0 Å². The van der Waals surface area contributed by atoms with E-state index < -0.39 is 0 Å². The SMILES string of the molecule is COCc1ccc(C(=O)c2ccc(N)cc2OC)o1. The molecule has 0 bridgehead atoms. The van der Waals surface area contributed by atoms with E-state index in [1.54, 1.807) is 37.4 Å². The summed E-state index contributed by atoms with van der Waals surface area (Å²) in [6.45, 7) is 0.326. The van der Waals surface area contributed by atoms with E-state index in [1.165, 1.54) is 7.11 Å². The fraction of sp³-hybridized carbons (Fsp3) is 0.214. The van der Waals surface area contributed by atoms with Gasteiger partial charge >= 0.3 is 0 Å². The molecule has 5 heteroatoms. The van der Waals surface area contributed by atoms with E-state index in [1.807, 2.05) is 0 Å². The Morgan fingerprint density at radius 3 is 2.74 bits per heavy atom. The number of methoxy groups -OCH3 is 2. The monoisotopic (exact) mass is 261 g/mol. The second kappa shape index (κ2) is 5.58. The summed E-state index contributed by atoms with van der Waals surface area (Å²) in [5.41, 5.74) is 6.60. The molecule has 1 heterocycles. The Morgan fingerprint density at radius 2 is 2.05 bits per heavy atom. The van der Waals surface area contributed by atoms with Gasteiger partial charge in [0.1, 0.15) is 18.1 Å². The van der Waals surface area contributed by atoms with E-state index in [0.717, 1.165) is 0 Å². The Balaban J connectivity index is 2.32. The van der Waals surface area contributed by atoms with Crippen LogP contribution in [0.15, 0.2) is 34.7 Å². The van der Waals surface area contributed by atoms with Crippen molar-refractivity contribution in [3.8, 4) is 5.75 Å². The average Bonchev–Trinajstić information content (AvgIpc) is 2.87. The molecule has 0 unspecified atom stereocenters. The van der Waals surface area contributed by atoms with E-state index in [4.69, 9.17) is 19.6 Å². The minimum atomic E-state index is -0.251. The van der Waals surface area contributed by atoms with Crippen LogP contribution in [0.3, 0.4) is 0 Å². The molecule has 19 heavy (non-hydrogen) atoms. The first-order chi connectivity index (χ1) is 9.15. The lowest BCUT2D eigenvalue weighted by molar-refractivity contribution is 0.0997. The molecule has 0 saturated heterocycles. The Bertz CT molecular complexity index is 589. The van der Waals surface area contributed by atoms with Crippen LogP contribution in [0, 0.1) is 0 Å². The molecular weight excluding hydrogens is 246 g/mol. The van der Waals surface area contributed by atoms with E-state index in [9.17, 15) is 4.79 Å². The highest BCUT2D eigenvalue weighted by Gasteiger charge is 2.18. The first-order valence-corrected chi connectivity index (χ1v) is 5.71. The normalized spacial score (nSPS) is 10.4. The number of furan rings is 1. The van der Waals surface area contributed by atoms with Gasteiger partial charge in [0, 0.05) is 18.9 Å². The predicted octanol–water partition coefficient (Wildman–Crippen LogP) is 2.25. The molecule has 0 spiro atoms. The summed E-state index contributed by atoms with van der Waals surface area (Å²) in [5.74, 6) is 1.02. The molecule has 2 N–H and O–H groups in total. The maximum Gasteiger partial charge on any atom is 0.231 e. The molecular formula is C14H15NO4. The van der Waals surface area contributed by atoms with Gasteiger partial charge in [-0.05, 0) is 24.3 Å². The first-order valence-electron chi connectivity index (χ1n) is 5.71. The van der Waals surface area contributed by atoms with E-state index in [-0.39, 0.29) is 11.5 Å². The van der Waals surface area contributed by atoms with Crippen molar-refractivity contribution in [1.29, 1.82) is 0 Å². The lowest BCUT2D eigenvalue weighted by Crippen LogP contribution is -2.03. The van der Waals surface area contributed by atoms with Crippen molar-refractivity contribution in [1.82, 2.24) is 0 Å². The smallest absolute Gasteiger partial charge is 0.231 e. The second-order valence-corrected chi connectivity index (χ2v) is 3.99. The largest absolute Gasteiger partial charge is 0.496 e. The topological polar surface area (TPSA) is 74.7 Å². The second-order valence-electron chi connectivity index (χ2n) is 3.99. The Morgan fingerprint density at radius 1 is 1.26 bits per heavy atom. The lowest BCUT2D eigenvalue weighted by atomic mass is 10.1. The number of carbonyl (C=O) groups is 1. The van der Waals surface area contributed by atoms with Gasteiger partial charge in [0.25, 0.3) is 0 Å². The van der Waals surface area contributed by atoms with Gasteiger partial charge in [-0.1, -0.05) is 0 Å². The van der Waals surface area contributed by atoms with Crippen molar-refractivity contribution in [3.63, 3.8) is 0 Å². The zero-order valence-corrected chi connectivity index (χ0v) is 10.8. The summed E-state index contributed by atoms with van der Waals surface area (Å²) < 4.78 is 15.5. The van der Waals surface area contributed by atoms with Gasteiger partial charge in [-0.15, -0.1) is 0 Å². The zero-order chi connectivity index (χ0) is 13.8. The van der Waals surface area contributed by atoms with Crippen molar-refractivity contribution in [2.75, 3.05) is 20.0 Å². The van der Waals surface area contributed by atoms with E-state index >= 15 is 0 Å². The first kappa shape index (κ1) is 13.2. The third-order valence-electron chi connectivity index (χ3n) is 2.64. The van der Waals surface area contributed by atoms with Gasteiger partial charge in [-0.3, -0.25) is 4.79 Å². The molecule has 0 aliphatic carbocycles. The van der Waals surface area contributed by atoms with Gasteiger partial charge in [0.05, 0.1) is 12.7 Å². The summed E-state index contributed by atoms with van der Waals surface area (Å²) in [6, 6.07) is 8.20. The minimum Gasteiger partial charge on any atom is -0.496 e. The van der Waals surface area contributed by atoms with Gasteiger partial charge in [0.2, 0.25) is 5.78 Å². The molecule has 0 atom stereocenters. The van der Waals surface area contributed by atoms with Gasteiger partial charge in [-0.25, -0.2) is 0 Å². The number of nitrogen functional groups attached to an aromatic ring is 1. The highest BCUT2D eigenvalue weighted by atomic mass is 16.5. The third-order valence-corrected chi connectivity index (χ3v) is 2.64. The van der Waals surface area contributed by atoms with Crippen molar-refractivity contribution >= 4 is 11.5 Å². The fourth-order valence-corrected chi connectivity index (χ4v) is 1.75. The minimum absolute atomic E-state index is 0.245. The number of carbonyl (C=O) groups excluding carboxylic acids is 1. The maximum atomic E-state index is 12.3. The molecule has 1 aromatic heterocycles. The Kier molecular flexibility index (Phi) is 3.87. The van der Waals surface area contributed by atoms with E-state index in [2.05, 4.69) is 0 Å². The fourth-order valence-electron chi connectivity index (χ4n) is 1.75. The van der Waals surface area contributed by atoms with Crippen LogP contribution in [-0.4, -0.2) is 20.0 Å². The van der Waals surface area contributed by atoms with Gasteiger partial charge in [0.15, 0.2) is 5.76 Å². The molecule has 0 radical (unpaired) electrons. The Hall–Kier alpha value is -2.27. The number of ketones is 1. The molecule has 0 aliphatic rings. The summed E-state index contributed by atoms with van der Waals surface area (Å²) >= 11 is 0. The van der Waals surface area contributed by atoms with Crippen LogP contribution in [-0.2, 0) is 11.3 Å². The van der Waals surface area contributed by atoms with Crippen LogP contribution in [0.2, 0.25) is 0 Å². The molecule has 5 nitrogen and oxygen atoms in total. The quantitative estimate of drug-likeness (QED) is 0.660. The van der Waals surface area contributed by atoms with Gasteiger partial charge < -0.3 is 19.6 Å². The summed E-state index contributed by atoms with van der Waals surface area (Å²) in [4.78, 5) is 12.3. The number of anilines is 1. The van der Waals surface area contributed by atoms with Crippen LogP contribution in [0.1, 0.15) is 21.9 Å². The third kappa shape index (κ3) is 2.77. The highest BCUT2D eigenvalue weighted by Crippen LogP contribution is 2.25. The number of hydrogen-bond donors (Lipinski definition) is 1. The maximum absolute atomic E-state index is 12.3. The van der Waals surface area contributed by atoms with Gasteiger partial charge in [-0.2, -0.15) is 0 Å². The average molecular weight is 261 g/mol. The number of ether oxygens (including phenoxy) is 2. The molecule has 0 aliphatic heterocycles. The molecule has 0 saturated carbocycles. The van der Waals surface area contributed by atoms with Crippen molar-refractivity contribution < 1.29 is 18.7 Å². The standard InChI is InChI=1S/C14H15NO4/c1-17-8-10-4-6-12(19-10)14(16)11-5-3-9(15)7-13(11)18-2/h3-7H,8,15H2,1-2H3. The van der Waals surface area contributed by atoms with Crippen LogP contribution < -0.4 is 10.5 Å². The number of benzene rings is 1. The zero-order valence-electron chi connectivity index (χ0n) is 10.8. The van der Waals surface area contributed by atoms with Crippen molar-refractivity contribution in [3.05, 3.63) is 47.4 Å². The van der Waals surface area contributed by atoms with E-state index in [0.29, 0.717) is 29.4 Å². The summed E-state index contributed by atoms with van der Waals surface area (Å²) in [6.07, 6.45) is 0. The molecule has 1 aromatic carbocycles. The molecule has 0 amide bonds. The van der Waals surface area contributed by atoms with Crippen LogP contribution >= 0.6 is 0 Å². The molecule has 100 valence electrons. The number of hydrogen-bond acceptors (Lipinski definition) is 5. The lowest BCUT2D eigenvalue weighted by Gasteiger charge is -2.07. The molecule has 0 fully saturated rings. The number of nitrogens with two attached hydrogens (primary N) is 1. The van der Waals surface area contributed by atoms with Crippen LogP contribution in [0.5, 0.6) is 5.75 Å². The van der Waals surface area contributed by atoms with Crippen LogP contribution in [0.4, 0.5) is 5.69 Å². The van der Waals surface area contributed by atoms with Crippen molar-refractivity contribution in [2.45, 2.75) is 6.61 Å². The predicted molar refractivity (Wildman–Crippen MR) is 70.3 cm³/mol. The highest BCUT2D eigenvalue weighted by molar-refractivity contribution is 6.09. The summed E-state index contributed by atoms with van der Waals surface area (Å²) in [5, 5.41) is 0. The number of rotatable bonds is 5. The molecule has 2 aromatic rings. The Labute approximate surface area is 110 Å². The summed E-state index contributed by atoms with van der Waals surface area (Å²) in [7, 11) is 3.05. The molecule has 2 rings (SSSR count). The van der Waals surface area contributed by atoms with Crippen molar-refractivity contribution in [2.24, 2.45) is 0 Å².